The molecular formula is C12H15N3O5. The second-order valence-corrected chi connectivity index (χ2v) is 3.55. The first-order valence-electron chi connectivity index (χ1n) is 5.51. The monoisotopic (exact) mass is 281 g/mol. The maximum absolute atomic E-state index is 11.5. The van der Waals surface area contributed by atoms with Crippen molar-refractivity contribution in [1.29, 1.82) is 0 Å². The molecule has 1 aromatic carbocycles. The van der Waals surface area contributed by atoms with E-state index in [1.54, 1.807) is 6.07 Å². The molecule has 20 heavy (non-hydrogen) atoms. The van der Waals surface area contributed by atoms with Crippen molar-refractivity contribution in [2.75, 3.05) is 21.3 Å². The van der Waals surface area contributed by atoms with Crippen LogP contribution in [0.3, 0.4) is 0 Å². The predicted octanol–water partition coefficient (Wildman–Crippen LogP) is 0.458. The van der Waals surface area contributed by atoms with E-state index in [4.69, 9.17) is 19.9 Å². The molecule has 1 amide bonds. The van der Waals surface area contributed by atoms with Gasteiger partial charge in [-0.15, -0.1) is 0 Å². The van der Waals surface area contributed by atoms with Crippen molar-refractivity contribution in [3.05, 3.63) is 23.8 Å². The van der Waals surface area contributed by atoms with E-state index in [2.05, 4.69) is 15.6 Å². The Morgan fingerprint density at radius 2 is 1.80 bits per heavy atom. The molecule has 0 unspecified atom stereocenters. The van der Waals surface area contributed by atoms with E-state index in [1.165, 1.54) is 33.4 Å². The fourth-order valence-electron chi connectivity index (χ4n) is 1.54. The van der Waals surface area contributed by atoms with Gasteiger partial charge in [0.2, 0.25) is 0 Å². The summed E-state index contributed by atoms with van der Waals surface area (Å²) in [5.41, 5.74) is -0.309. The quantitative estimate of drug-likeness (QED) is 0.412. The largest absolute Gasteiger partial charge is 0.493 e. The van der Waals surface area contributed by atoms with E-state index in [1.807, 2.05) is 0 Å². The summed E-state index contributed by atoms with van der Waals surface area (Å²) in [6.07, 6.45) is 0. The number of carbonyl (C=O) groups excluding carboxylic acids is 1. The molecule has 108 valence electrons. The lowest BCUT2D eigenvalue weighted by Crippen LogP contribution is -2.34. The van der Waals surface area contributed by atoms with Gasteiger partial charge in [0.05, 0.1) is 14.2 Å². The molecule has 8 heteroatoms. The average Bonchev–Trinajstić information content (AvgIpc) is 2.50. The Labute approximate surface area is 115 Å². The van der Waals surface area contributed by atoms with Crippen molar-refractivity contribution in [2.45, 2.75) is 0 Å². The van der Waals surface area contributed by atoms with Crippen molar-refractivity contribution in [2.24, 2.45) is 10.3 Å². The van der Waals surface area contributed by atoms with Crippen molar-refractivity contribution < 1.29 is 24.7 Å². The first-order chi connectivity index (χ1) is 9.62. The molecule has 1 rings (SSSR count). The molecule has 8 nitrogen and oxygen atoms in total. The Morgan fingerprint density at radius 3 is 2.25 bits per heavy atom. The van der Waals surface area contributed by atoms with Crippen LogP contribution < -0.4 is 14.8 Å². The number of nitrogens with one attached hydrogen (secondary N) is 1. The lowest BCUT2D eigenvalue weighted by atomic mass is 10.0. The van der Waals surface area contributed by atoms with Gasteiger partial charge in [-0.25, -0.2) is 0 Å². The third-order valence-electron chi connectivity index (χ3n) is 2.52. The van der Waals surface area contributed by atoms with E-state index >= 15 is 0 Å². The van der Waals surface area contributed by atoms with Crippen LogP contribution in [0.4, 0.5) is 0 Å². The molecule has 0 aliphatic carbocycles. The summed E-state index contributed by atoms with van der Waals surface area (Å²) < 4.78 is 10.2. The number of ether oxygens (including phenoxy) is 2. The molecule has 0 bridgehead atoms. The maximum Gasteiger partial charge on any atom is 0.275 e. The highest BCUT2D eigenvalue weighted by Gasteiger charge is 2.21. The van der Waals surface area contributed by atoms with Crippen LogP contribution in [-0.4, -0.2) is 49.0 Å². The normalized spacial score (nSPS) is 11.9. The summed E-state index contributed by atoms with van der Waals surface area (Å²) in [7, 11) is 4.28. The minimum Gasteiger partial charge on any atom is -0.493 e. The van der Waals surface area contributed by atoms with Crippen LogP contribution in [0, 0.1) is 0 Å². The number of nitrogens with zero attached hydrogens (tertiary/aromatic N) is 2. The van der Waals surface area contributed by atoms with Gasteiger partial charge in [0.25, 0.3) is 5.91 Å². The Kier molecular flexibility index (Phi) is 5.33. The first-order valence-corrected chi connectivity index (χ1v) is 5.51. The summed E-state index contributed by atoms with van der Waals surface area (Å²) >= 11 is 0. The lowest BCUT2D eigenvalue weighted by Gasteiger charge is -2.10. The molecule has 0 heterocycles. The minimum absolute atomic E-state index is 0.201. The number of hydrogen-bond acceptors (Lipinski definition) is 7. The Hall–Kier alpha value is -2.77. The number of carbonyl (C=O) groups is 1. The van der Waals surface area contributed by atoms with Crippen LogP contribution in [-0.2, 0) is 4.79 Å². The zero-order chi connectivity index (χ0) is 15.1. The molecule has 0 aliphatic rings. The molecule has 1 aromatic rings. The Morgan fingerprint density at radius 1 is 1.15 bits per heavy atom. The van der Waals surface area contributed by atoms with Crippen molar-refractivity contribution in [3.63, 3.8) is 0 Å². The number of oxime groups is 2. The lowest BCUT2D eigenvalue weighted by molar-refractivity contribution is -0.114. The molecule has 0 saturated heterocycles. The summed E-state index contributed by atoms with van der Waals surface area (Å²) in [5, 5.41) is 26.1. The van der Waals surface area contributed by atoms with E-state index in [0.717, 1.165) is 0 Å². The topological polar surface area (TPSA) is 113 Å². The fourth-order valence-corrected chi connectivity index (χ4v) is 1.54. The van der Waals surface area contributed by atoms with Crippen molar-refractivity contribution >= 4 is 17.3 Å². The van der Waals surface area contributed by atoms with Gasteiger partial charge in [0.1, 0.15) is 5.71 Å². The fraction of sp³-hybridized carbons (Fsp3) is 0.250. The van der Waals surface area contributed by atoms with Gasteiger partial charge >= 0.3 is 0 Å². The standard InChI is InChI=1S/C12H15N3O5/c1-13-12(16)11(15-18)10(14-17)7-4-5-8(19-2)9(6-7)20-3/h4-6,17-18H,1-3H3,(H,13,16). The van der Waals surface area contributed by atoms with Gasteiger partial charge in [0.15, 0.2) is 17.2 Å². The summed E-state index contributed by atoms with van der Waals surface area (Å²) in [6.45, 7) is 0. The molecule has 0 fully saturated rings. The van der Waals surface area contributed by atoms with E-state index < -0.39 is 11.6 Å². The highest BCUT2D eigenvalue weighted by molar-refractivity contribution is 6.69. The van der Waals surface area contributed by atoms with Gasteiger partial charge in [-0.2, -0.15) is 0 Å². The van der Waals surface area contributed by atoms with E-state index in [-0.39, 0.29) is 5.71 Å². The van der Waals surface area contributed by atoms with Gasteiger partial charge in [-0.1, -0.05) is 10.3 Å². The SMILES string of the molecule is CNC(=O)C(=NO)C(=NO)c1ccc(OC)c(OC)c1. The van der Waals surface area contributed by atoms with Gasteiger partial charge in [-0.05, 0) is 18.2 Å². The van der Waals surface area contributed by atoms with Crippen LogP contribution in [0.2, 0.25) is 0 Å². The third-order valence-corrected chi connectivity index (χ3v) is 2.52. The zero-order valence-electron chi connectivity index (χ0n) is 11.2. The second kappa shape index (κ2) is 6.98. The van der Waals surface area contributed by atoms with Crippen LogP contribution in [0.1, 0.15) is 5.56 Å². The number of benzene rings is 1. The summed E-state index contributed by atoms with van der Waals surface area (Å²) in [4.78, 5) is 11.5. The molecular weight excluding hydrogens is 266 g/mol. The zero-order valence-corrected chi connectivity index (χ0v) is 11.2. The molecule has 3 N–H and O–H groups in total. The number of rotatable bonds is 5. The average molecular weight is 281 g/mol. The number of amides is 1. The molecule has 0 aromatic heterocycles. The van der Waals surface area contributed by atoms with Crippen molar-refractivity contribution in [1.82, 2.24) is 5.32 Å². The van der Waals surface area contributed by atoms with Crippen LogP contribution >= 0.6 is 0 Å². The molecule has 0 spiro atoms. The molecule has 0 atom stereocenters. The van der Waals surface area contributed by atoms with Gasteiger partial charge < -0.3 is 25.2 Å². The highest BCUT2D eigenvalue weighted by atomic mass is 16.5. The Balaban J connectivity index is 3.30. The van der Waals surface area contributed by atoms with E-state index in [9.17, 15) is 4.79 Å². The molecule has 0 radical (unpaired) electrons. The number of hydrogen-bond donors (Lipinski definition) is 3. The summed E-state index contributed by atoms with van der Waals surface area (Å²) in [5.74, 6) is 0.145. The second-order valence-electron chi connectivity index (χ2n) is 3.55. The molecule has 0 aliphatic heterocycles. The van der Waals surface area contributed by atoms with E-state index in [0.29, 0.717) is 17.1 Å². The van der Waals surface area contributed by atoms with Crippen LogP contribution in [0.25, 0.3) is 0 Å². The minimum atomic E-state index is -0.699. The highest BCUT2D eigenvalue weighted by Crippen LogP contribution is 2.27. The van der Waals surface area contributed by atoms with Gasteiger partial charge in [-0.3, -0.25) is 4.79 Å². The van der Waals surface area contributed by atoms with Crippen LogP contribution in [0.15, 0.2) is 28.5 Å². The number of methoxy groups -OCH3 is 2. The maximum atomic E-state index is 11.5. The van der Waals surface area contributed by atoms with Gasteiger partial charge in [0, 0.05) is 12.6 Å². The smallest absolute Gasteiger partial charge is 0.275 e. The molecule has 0 saturated carbocycles. The first kappa shape index (κ1) is 15.3. The van der Waals surface area contributed by atoms with Crippen LogP contribution in [0.5, 0.6) is 11.5 Å². The summed E-state index contributed by atoms with van der Waals surface area (Å²) in [6, 6.07) is 4.59. The van der Waals surface area contributed by atoms with Crippen molar-refractivity contribution in [3.8, 4) is 11.5 Å². The predicted molar refractivity (Wildman–Crippen MR) is 71.2 cm³/mol. The Bertz CT molecular complexity index is 554. The third kappa shape index (κ3) is 2.97.